The smallest absolute Gasteiger partial charge is 0.0801 e. The quantitative estimate of drug-likeness (QED) is 0.712. The third kappa shape index (κ3) is 2.68. The molecule has 0 radical (unpaired) electrons. The molecule has 2 atom stereocenters. The Kier molecular flexibility index (Phi) is 3.74. The Bertz CT molecular complexity index is 158. The van der Waals surface area contributed by atoms with Crippen LogP contribution in [-0.4, -0.2) is 24.8 Å². The van der Waals surface area contributed by atoms with E-state index in [9.17, 15) is 0 Å². The second-order valence-corrected chi connectivity index (χ2v) is 4.59. The maximum Gasteiger partial charge on any atom is 0.0801 e. The van der Waals surface area contributed by atoms with Crippen molar-refractivity contribution in [3.8, 4) is 0 Å². The summed E-state index contributed by atoms with van der Waals surface area (Å²) in [5, 5.41) is 3.58. The van der Waals surface area contributed by atoms with Crippen LogP contribution in [-0.2, 0) is 4.74 Å². The highest BCUT2D eigenvalue weighted by Crippen LogP contribution is 2.23. The normalized spacial score (nSPS) is 36.2. The van der Waals surface area contributed by atoms with E-state index in [0.29, 0.717) is 12.0 Å². The molecule has 1 fully saturated rings. The van der Waals surface area contributed by atoms with E-state index in [2.05, 4.69) is 33.0 Å². The van der Waals surface area contributed by atoms with Crippen molar-refractivity contribution < 1.29 is 4.74 Å². The standard InChI is InChI=1S/C11H23NO/c1-5-10-6-7-13-11(4,8-12-10)9(2)3/h9-10,12H,5-8H2,1-4H3. The minimum Gasteiger partial charge on any atom is -0.374 e. The molecule has 0 aromatic heterocycles. The van der Waals surface area contributed by atoms with E-state index < -0.39 is 0 Å². The first-order valence-corrected chi connectivity index (χ1v) is 5.46. The molecule has 78 valence electrons. The molecule has 0 bridgehead atoms. The third-order valence-corrected chi connectivity index (χ3v) is 3.35. The fraction of sp³-hybridized carbons (Fsp3) is 1.00. The van der Waals surface area contributed by atoms with Gasteiger partial charge in [-0.05, 0) is 25.7 Å². The first-order chi connectivity index (χ1) is 6.08. The maximum atomic E-state index is 5.92. The highest BCUT2D eigenvalue weighted by atomic mass is 16.5. The molecular weight excluding hydrogens is 162 g/mol. The lowest BCUT2D eigenvalue weighted by Crippen LogP contribution is -2.44. The Balaban J connectivity index is 2.52. The van der Waals surface area contributed by atoms with Crippen molar-refractivity contribution >= 4 is 0 Å². The van der Waals surface area contributed by atoms with Crippen LogP contribution in [0.3, 0.4) is 0 Å². The second kappa shape index (κ2) is 4.43. The van der Waals surface area contributed by atoms with Crippen LogP contribution >= 0.6 is 0 Å². The van der Waals surface area contributed by atoms with Gasteiger partial charge in [0.05, 0.1) is 5.60 Å². The van der Waals surface area contributed by atoms with Crippen LogP contribution in [0.2, 0.25) is 0 Å². The van der Waals surface area contributed by atoms with Gasteiger partial charge in [-0.1, -0.05) is 20.8 Å². The van der Waals surface area contributed by atoms with E-state index in [1.54, 1.807) is 0 Å². The number of hydrogen-bond acceptors (Lipinski definition) is 2. The number of ether oxygens (including phenoxy) is 1. The zero-order chi connectivity index (χ0) is 9.90. The average molecular weight is 185 g/mol. The molecule has 2 heteroatoms. The van der Waals surface area contributed by atoms with Crippen molar-refractivity contribution in [1.82, 2.24) is 5.32 Å². The largest absolute Gasteiger partial charge is 0.374 e. The predicted molar refractivity (Wildman–Crippen MR) is 55.9 cm³/mol. The summed E-state index contributed by atoms with van der Waals surface area (Å²) in [5.41, 5.74) is 0.0317. The van der Waals surface area contributed by atoms with Crippen LogP contribution in [0.25, 0.3) is 0 Å². The van der Waals surface area contributed by atoms with Crippen molar-refractivity contribution in [2.24, 2.45) is 5.92 Å². The van der Waals surface area contributed by atoms with Gasteiger partial charge >= 0.3 is 0 Å². The lowest BCUT2D eigenvalue weighted by atomic mass is 9.92. The van der Waals surface area contributed by atoms with Gasteiger partial charge in [-0.25, -0.2) is 0 Å². The third-order valence-electron chi connectivity index (χ3n) is 3.35. The lowest BCUT2D eigenvalue weighted by molar-refractivity contribution is -0.0521. The topological polar surface area (TPSA) is 21.3 Å². The molecule has 0 amide bonds. The van der Waals surface area contributed by atoms with Crippen LogP contribution in [0.1, 0.15) is 40.5 Å². The first-order valence-electron chi connectivity index (χ1n) is 5.46. The van der Waals surface area contributed by atoms with Gasteiger partial charge in [0.15, 0.2) is 0 Å². The average Bonchev–Trinajstić information content (AvgIpc) is 2.28. The molecule has 0 saturated carbocycles. The molecule has 1 N–H and O–H groups in total. The van der Waals surface area contributed by atoms with Gasteiger partial charge in [0, 0.05) is 19.2 Å². The van der Waals surface area contributed by atoms with Crippen LogP contribution in [0.4, 0.5) is 0 Å². The van der Waals surface area contributed by atoms with Crippen LogP contribution in [0, 0.1) is 5.92 Å². The Hall–Kier alpha value is -0.0800. The highest BCUT2D eigenvalue weighted by molar-refractivity contribution is 4.85. The van der Waals surface area contributed by atoms with E-state index in [1.807, 2.05) is 0 Å². The fourth-order valence-corrected chi connectivity index (χ4v) is 1.65. The molecule has 0 aromatic rings. The van der Waals surface area contributed by atoms with E-state index in [1.165, 1.54) is 6.42 Å². The molecule has 0 aliphatic carbocycles. The van der Waals surface area contributed by atoms with E-state index in [-0.39, 0.29) is 5.60 Å². The number of hydrogen-bond donors (Lipinski definition) is 1. The summed E-state index contributed by atoms with van der Waals surface area (Å²) in [4.78, 5) is 0. The number of nitrogens with one attached hydrogen (secondary N) is 1. The molecule has 13 heavy (non-hydrogen) atoms. The van der Waals surface area contributed by atoms with Crippen molar-refractivity contribution in [3.63, 3.8) is 0 Å². The summed E-state index contributed by atoms with van der Waals surface area (Å²) < 4.78 is 5.92. The van der Waals surface area contributed by atoms with Crippen molar-refractivity contribution in [2.45, 2.75) is 52.2 Å². The Morgan fingerprint density at radius 2 is 2.23 bits per heavy atom. The summed E-state index contributed by atoms with van der Waals surface area (Å²) in [6.45, 7) is 10.8. The minimum atomic E-state index is 0.0317. The molecule has 0 aromatic carbocycles. The summed E-state index contributed by atoms with van der Waals surface area (Å²) in [6.07, 6.45) is 2.36. The van der Waals surface area contributed by atoms with Gasteiger partial charge in [0.25, 0.3) is 0 Å². The van der Waals surface area contributed by atoms with E-state index in [0.717, 1.165) is 19.6 Å². The highest BCUT2D eigenvalue weighted by Gasteiger charge is 2.31. The zero-order valence-electron chi connectivity index (χ0n) is 9.39. The van der Waals surface area contributed by atoms with E-state index in [4.69, 9.17) is 4.74 Å². The first kappa shape index (κ1) is 11.0. The molecule has 1 aliphatic heterocycles. The maximum absolute atomic E-state index is 5.92. The Labute approximate surface area is 82.0 Å². The molecule has 1 heterocycles. The fourth-order valence-electron chi connectivity index (χ4n) is 1.65. The van der Waals surface area contributed by atoms with Gasteiger partial charge in [-0.2, -0.15) is 0 Å². The number of rotatable bonds is 2. The summed E-state index contributed by atoms with van der Waals surface area (Å²) >= 11 is 0. The van der Waals surface area contributed by atoms with Gasteiger partial charge in [-0.3, -0.25) is 0 Å². The van der Waals surface area contributed by atoms with E-state index >= 15 is 0 Å². The van der Waals surface area contributed by atoms with Gasteiger partial charge in [0.2, 0.25) is 0 Å². The Morgan fingerprint density at radius 1 is 1.54 bits per heavy atom. The molecule has 0 spiro atoms. The van der Waals surface area contributed by atoms with Gasteiger partial charge in [0.1, 0.15) is 0 Å². The van der Waals surface area contributed by atoms with Crippen molar-refractivity contribution in [3.05, 3.63) is 0 Å². The lowest BCUT2D eigenvalue weighted by Gasteiger charge is -2.32. The van der Waals surface area contributed by atoms with Gasteiger partial charge in [-0.15, -0.1) is 0 Å². The minimum absolute atomic E-state index is 0.0317. The summed E-state index contributed by atoms with van der Waals surface area (Å²) in [6, 6.07) is 0.653. The van der Waals surface area contributed by atoms with Crippen molar-refractivity contribution in [2.75, 3.05) is 13.2 Å². The summed E-state index contributed by atoms with van der Waals surface area (Å²) in [7, 11) is 0. The molecule has 2 unspecified atom stereocenters. The second-order valence-electron chi connectivity index (χ2n) is 4.59. The molecule has 1 rings (SSSR count). The zero-order valence-corrected chi connectivity index (χ0v) is 9.39. The van der Waals surface area contributed by atoms with Crippen LogP contribution in [0.5, 0.6) is 0 Å². The summed E-state index contributed by atoms with van der Waals surface area (Å²) in [5.74, 6) is 0.579. The molecular formula is C11H23NO. The van der Waals surface area contributed by atoms with Crippen molar-refractivity contribution in [1.29, 1.82) is 0 Å². The monoisotopic (exact) mass is 185 g/mol. The SMILES string of the molecule is CCC1CCOC(C)(C(C)C)CN1. The van der Waals surface area contributed by atoms with Crippen LogP contribution < -0.4 is 5.32 Å². The molecule has 1 aliphatic rings. The predicted octanol–water partition coefficient (Wildman–Crippen LogP) is 2.19. The molecule has 1 saturated heterocycles. The van der Waals surface area contributed by atoms with Gasteiger partial charge < -0.3 is 10.1 Å². The molecule has 2 nitrogen and oxygen atoms in total. The van der Waals surface area contributed by atoms with Crippen LogP contribution in [0.15, 0.2) is 0 Å². The Morgan fingerprint density at radius 3 is 2.77 bits per heavy atom.